The van der Waals surface area contributed by atoms with Crippen molar-refractivity contribution in [3.63, 3.8) is 0 Å². The maximum Gasteiger partial charge on any atom is 0.323 e. The van der Waals surface area contributed by atoms with Crippen molar-refractivity contribution < 1.29 is 14.6 Å². The average molecular weight is 353 g/mol. The number of aliphatic hydroxyl groups is 1. The van der Waals surface area contributed by atoms with Crippen LogP contribution in [0.15, 0.2) is 5.38 Å². The largest absolute Gasteiger partial charge is 0.396 e. The molecule has 0 aromatic carbocycles. The summed E-state index contributed by atoms with van der Waals surface area (Å²) in [7, 11) is 0. The smallest absolute Gasteiger partial charge is 0.323 e. The number of aliphatic hydroxyl groups excluding tert-OH is 1. The van der Waals surface area contributed by atoms with Gasteiger partial charge in [0, 0.05) is 44.2 Å². The molecule has 3 rings (SSSR count). The quantitative estimate of drug-likeness (QED) is 0.872. The summed E-state index contributed by atoms with van der Waals surface area (Å²) in [6.07, 6.45) is 5.93. The molecule has 134 valence electrons. The van der Waals surface area contributed by atoms with E-state index in [9.17, 15) is 4.79 Å². The number of rotatable bonds is 4. The van der Waals surface area contributed by atoms with Gasteiger partial charge in [0.25, 0.3) is 0 Å². The van der Waals surface area contributed by atoms with Crippen LogP contribution in [0.5, 0.6) is 0 Å². The number of anilines is 1. The third kappa shape index (κ3) is 4.68. The van der Waals surface area contributed by atoms with E-state index in [0.29, 0.717) is 17.0 Å². The highest BCUT2D eigenvalue weighted by atomic mass is 32.1. The van der Waals surface area contributed by atoms with E-state index in [1.54, 1.807) is 0 Å². The van der Waals surface area contributed by atoms with E-state index >= 15 is 0 Å². The van der Waals surface area contributed by atoms with Gasteiger partial charge in [-0.25, -0.2) is 9.78 Å². The maximum atomic E-state index is 12.5. The monoisotopic (exact) mass is 353 g/mol. The predicted molar refractivity (Wildman–Crippen MR) is 94.5 cm³/mol. The van der Waals surface area contributed by atoms with Crippen molar-refractivity contribution in [2.75, 3.05) is 38.2 Å². The van der Waals surface area contributed by atoms with Gasteiger partial charge in [-0.05, 0) is 44.4 Å². The molecule has 1 unspecified atom stereocenters. The van der Waals surface area contributed by atoms with E-state index in [1.807, 2.05) is 4.90 Å². The van der Waals surface area contributed by atoms with Crippen molar-refractivity contribution in [2.24, 2.45) is 5.92 Å². The summed E-state index contributed by atoms with van der Waals surface area (Å²) in [5.74, 6) is 0.992. The number of thiazole rings is 1. The Kier molecular flexibility index (Phi) is 6.45. The third-order valence-corrected chi connectivity index (χ3v) is 5.82. The maximum absolute atomic E-state index is 12.5. The van der Waals surface area contributed by atoms with Gasteiger partial charge in [0.2, 0.25) is 0 Å². The van der Waals surface area contributed by atoms with Gasteiger partial charge >= 0.3 is 6.03 Å². The lowest BCUT2D eigenvalue weighted by Crippen LogP contribution is -2.35. The van der Waals surface area contributed by atoms with Crippen LogP contribution >= 0.6 is 11.3 Å². The summed E-state index contributed by atoms with van der Waals surface area (Å²) in [6.45, 7) is 3.38. The first kappa shape index (κ1) is 17.6. The summed E-state index contributed by atoms with van der Waals surface area (Å²) in [5, 5.41) is 14.8. The number of likely N-dealkylation sites (tertiary alicyclic amines) is 1. The molecule has 0 bridgehead atoms. The number of nitrogens with zero attached hydrogens (tertiary/aromatic N) is 2. The van der Waals surface area contributed by atoms with E-state index in [2.05, 4.69) is 15.7 Å². The van der Waals surface area contributed by atoms with Crippen LogP contribution in [-0.2, 0) is 4.74 Å². The first-order valence-corrected chi connectivity index (χ1v) is 9.84. The second kappa shape index (κ2) is 8.78. The Morgan fingerprint density at radius 3 is 2.96 bits per heavy atom. The van der Waals surface area contributed by atoms with Crippen molar-refractivity contribution in [1.82, 2.24) is 9.88 Å². The average Bonchev–Trinajstić information content (AvgIpc) is 2.94. The number of amides is 2. The number of carbonyl (C=O) groups is 1. The Morgan fingerprint density at radius 1 is 1.33 bits per heavy atom. The van der Waals surface area contributed by atoms with Gasteiger partial charge in [0.15, 0.2) is 5.13 Å². The molecule has 1 aromatic heterocycles. The van der Waals surface area contributed by atoms with Crippen molar-refractivity contribution in [2.45, 2.75) is 44.4 Å². The number of hydrogen-bond donors (Lipinski definition) is 2. The molecule has 2 aliphatic rings. The van der Waals surface area contributed by atoms with Crippen molar-refractivity contribution in [3.8, 4) is 0 Å². The molecule has 2 amide bonds. The van der Waals surface area contributed by atoms with Crippen molar-refractivity contribution in [1.29, 1.82) is 0 Å². The highest BCUT2D eigenvalue weighted by molar-refractivity contribution is 7.13. The summed E-state index contributed by atoms with van der Waals surface area (Å²) in [5.41, 5.74) is 1.08. The predicted octanol–water partition coefficient (Wildman–Crippen LogP) is 3.05. The number of urea groups is 1. The van der Waals surface area contributed by atoms with Crippen LogP contribution in [-0.4, -0.2) is 53.9 Å². The fourth-order valence-electron chi connectivity index (χ4n) is 3.53. The molecule has 1 aromatic rings. The lowest BCUT2D eigenvalue weighted by atomic mass is 9.98. The molecule has 1 atom stereocenters. The van der Waals surface area contributed by atoms with Crippen LogP contribution in [0, 0.1) is 5.92 Å². The molecule has 3 heterocycles. The van der Waals surface area contributed by atoms with Gasteiger partial charge in [-0.2, -0.15) is 0 Å². The van der Waals surface area contributed by atoms with E-state index in [4.69, 9.17) is 9.84 Å². The fourth-order valence-corrected chi connectivity index (χ4v) is 4.32. The molecule has 6 nitrogen and oxygen atoms in total. The van der Waals surface area contributed by atoms with E-state index in [0.717, 1.165) is 70.5 Å². The molecule has 2 saturated heterocycles. The number of hydrogen-bond acceptors (Lipinski definition) is 5. The minimum atomic E-state index is -0.0486. The van der Waals surface area contributed by atoms with Gasteiger partial charge in [-0.15, -0.1) is 11.3 Å². The lowest BCUT2D eigenvalue weighted by molar-refractivity contribution is 0.0846. The second-order valence-electron chi connectivity index (χ2n) is 6.69. The van der Waals surface area contributed by atoms with Gasteiger partial charge in [-0.1, -0.05) is 0 Å². The van der Waals surface area contributed by atoms with Crippen LogP contribution in [0.4, 0.5) is 9.93 Å². The standard InChI is InChI=1S/C17H27N3O3S/c21-9-4-13-2-1-7-20(8-3-13)17(22)19-16-18-15(12-24-16)14-5-10-23-11-6-14/h12-14,21H,1-11H2,(H,18,19,22). The normalized spacial score (nSPS) is 23.0. The summed E-state index contributed by atoms with van der Waals surface area (Å²) in [6, 6.07) is -0.0486. The zero-order valence-corrected chi connectivity index (χ0v) is 14.9. The minimum Gasteiger partial charge on any atom is -0.396 e. The molecule has 2 N–H and O–H groups in total. The molecule has 0 saturated carbocycles. The van der Waals surface area contributed by atoms with E-state index in [1.165, 1.54) is 11.3 Å². The molecule has 0 radical (unpaired) electrons. The lowest BCUT2D eigenvalue weighted by Gasteiger charge is -2.21. The van der Waals surface area contributed by atoms with Gasteiger partial charge in [0.1, 0.15) is 0 Å². The van der Waals surface area contributed by atoms with Crippen LogP contribution in [0.25, 0.3) is 0 Å². The topological polar surface area (TPSA) is 74.7 Å². The number of nitrogens with one attached hydrogen (secondary N) is 1. The first-order valence-electron chi connectivity index (χ1n) is 8.96. The second-order valence-corrected chi connectivity index (χ2v) is 7.55. The molecule has 2 fully saturated rings. The SMILES string of the molecule is O=C(Nc1nc(C2CCOCC2)cs1)N1CCCC(CCO)CC1. The molecule has 2 aliphatic heterocycles. The van der Waals surface area contributed by atoms with Gasteiger partial charge < -0.3 is 14.7 Å². The molecule has 0 aliphatic carbocycles. The first-order chi connectivity index (χ1) is 11.8. The van der Waals surface area contributed by atoms with Gasteiger partial charge in [-0.3, -0.25) is 5.32 Å². The number of carbonyl (C=O) groups excluding carboxylic acids is 1. The summed E-state index contributed by atoms with van der Waals surface area (Å²) in [4.78, 5) is 19.0. The van der Waals surface area contributed by atoms with Crippen molar-refractivity contribution in [3.05, 3.63) is 11.1 Å². The Labute approximate surface area is 147 Å². The van der Waals surface area contributed by atoms with Gasteiger partial charge in [0.05, 0.1) is 5.69 Å². The third-order valence-electron chi connectivity index (χ3n) is 5.05. The Morgan fingerprint density at radius 2 is 2.17 bits per heavy atom. The minimum absolute atomic E-state index is 0.0486. The molecule has 7 heteroatoms. The highest BCUT2D eigenvalue weighted by Crippen LogP contribution is 2.29. The van der Waals surface area contributed by atoms with E-state index in [-0.39, 0.29) is 12.6 Å². The molecule has 24 heavy (non-hydrogen) atoms. The summed E-state index contributed by atoms with van der Waals surface area (Å²) < 4.78 is 5.39. The van der Waals surface area contributed by atoms with Crippen LogP contribution < -0.4 is 5.32 Å². The zero-order chi connectivity index (χ0) is 16.8. The van der Waals surface area contributed by atoms with Crippen molar-refractivity contribution >= 4 is 22.5 Å². The fraction of sp³-hybridized carbons (Fsp3) is 0.765. The molecular weight excluding hydrogens is 326 g/mol. The summed E-state index contributed by atoms with van der Waals surface area (Å²) >= 11 is 1.51. The molecular formula is C17H27N3O3S. The Bertz CT molecular complexity index is 531. The zero-order valence-electron chi connectivity index (χ0n) is 14.1. The van der Waals surface area contributed by atoms with Crippen LogP contribution in [0.2, 0.25) is 0 Å². The number of ether oxygens (including phenoxy) is 1. The Hall–Kier alpha value is -1.18. The Balaban J connectivity index is 1.52. The number of aromatic nitrogens is 1. The highest BCUT2D eigenvalue weighted by Gasteiger charge is 2.22. The van der Waals surface area contributed by atoms with E-state index < -0.39 is 0 Å². The van der Waals surface area contributed by atoms with Crippen LogP contribution in [0.3, 0.4) is 0 Å². The van der Waals surface area contributed by atoms with Crippen LogP contribution in [0.1, 0.15) is 50.1 Å². The molecule has 0 spiro atoms.